The van der Waals surface area contributed by atoms with Crippen LogP contribution in [-0.2, 0) is 7.05 Å². The van der Waals surface area contributed by atoms with Crippen LogP contribution in [0.4, 0.5) is 17.2 Å². The first-order valence-electron chi connectivity index (χ1n) is 7.04. The molecule has 0 unspecified atom stereocenters. The van der Waals surface area contributed by atoms with Gasteiger partial charge in [0.1, 0.15) is 0 Å². The fourth-order valence-electron chi connectivity index (χ4n) is 2.42. The molecule has 0 fully saturated rings. The zero-order chi connectivity index (χ0) is 15.0. The van der Waals surface area contributed by atoms with Crippen molar-refractivity contribution in [1.82, 2.24) is 9.55 Å². The van der Waals surface area contributed by atoms with E-state index in [-0.39, 0.29) is 5.69 Å². The zero-order valence-electron chi connectivity index (χ0n) is 12.4. The van der Waals surface area contributed by atoms with Crippen LogP contribution in [0.15, 0.2) is 39.0 Å². The van der Waals surface area contributed by atoms with E-state index >= 15 is 0 Å². The van der Waals surface area contributed by atoms with Gasteiger partial charge in [0.05, 0.1) is 10.6 Å². The average molecular weight is 302 g/mol. The number of aromatic nitrogens is 2. The van der Waals surface area contributed by atoms with E-state index in [4.69, 9.17) is 0 Å². The highest BCUT2D eigenvalue weighted by Gasteiger charge is 2.19. The van der Waals surface area contributed by atoms with Crippen LogP contribution in [0.2, 0.25) is 0 Å². The Kier molecular flexibility index (Phi) is 3.63. The van der Waals surface area contributed by atoms with Crippen LogP contribution in [0.3, 0.4) is 0 Å². The van der Waals surface area contributed by atoms with E-state index in [0.717, 1.165) is 28.6 Å². The smallest absolute Gasteiger partial charge is 0.349 e. The first-order valence-corrected chi connectivity index (χ1v) is 7.85. The summed E-state index contributed by atoms with van der Waals surface area (Å²) in [4.78, 5) is 20.2. The number of nitrogens with one attached hydrogen (secondary N) is 1. The molecule has 0 spiro atoms. The third kappa shape index (κ3) is 2.51. The normalized spacial score (nSPS) is 12.3. The zero-order valence-corrected chi connectivity index (χ0v) is 13.2. The van der Waals surface area contributed by atoms with Gasteiger partial charge in [0.15, 0.2) is 5.82 Å². The maximum Gasteiger partial charge on any atom is 0.349 e. The van der Waals surface area contributed by atoms with Gasteiger partial charge in [-0.05, 0) is 32.0 Å². The highest BCUT2D eigenvalue weighted by molar-refractivity contribution is 7.99. The van der Waals surface area contributed by atoms with Gasteiger partial charge in [-0.3, -0.25) is 0 Å². The highest BCUT2D eigenvalue weighted by Crippen LogP contribution is 2.43. The largest absolute Gasteiger partial charge is 0.372 e. The van der Waals surface area contributed by atoms with Crippen molar-refractivity contribution in [2.75, 3.05) is 23.3 Å². The number of hydrogen-bond acceptors (Lipinski definition) is 5. The predicted molar refractivity (Wildman–Crippen MR) is 86.9 cm³/mol. The second kappa shape index (κ2) is 5.44. The highest BCUT2D eigenvalue weighted by atomic mass is 32.2. The van der Waals surface area contributed by atoms with Crippen LogP contribution < -0.4 is 15.9 Å². The average Bonchev–Trinajstić information content (AvgIpc) is 2.48. The Morgan fingerprint density at radius 2 is 2.05 bits per heavy atom. The minimum atomic E-state index is -0.245. The van der Waals surface area contributed by atoms with Crippen molar-refractivity contribution in [3.05, 3.63) is 34.9 Å². The number of rotatable bonds is 3. The van der Waals surface area contributed by atoms with E-state index < -0.39 is 0 Å². The van der Waals surface area contributed by atoms with E-state index in [1.165, 1.54) is 10.3 Å². The van der Waals surface area contributed by atoms with E-state index in [1.807, 2.05) is 6.20 Å². The molecule has 2 heterocycles. The fourth-order valence-corrected chi connectivity index (χ4v) is 3.42. The molecule has 1 aromatic heterocycles. The van der Waals surface area contributed by atoms with Crippen molar-refractivity contribution in [3.63, 3.8) is 0 Å². The fraction of sp³-hybridized carbons (Fsp3) is 0.333. The summed E-state index contributed by atoms with van der Waals surface area (Å²) in [7, 11) is 1.72. The second-order valence-electron chi connectivity index (χ2n) is 4.93. The molecule has 6 heteroatoms. The number of benzene rings is 1. The van der Waals surface area contributed by atoms with Gasteiger partial charge in [0, 0.05) is 36.9 Å². The summed E-state index contributed by atoms with van der Waals surface area (Å²) >= 11 is 1.64. The molecule has 2 aromatic rings. The summed E-state index contributed by atoms with van der Waals surface area (Å²) in [6.07, 6.45) is 1.82. The molecule has 0 bridgehead atoms. The molecule has 3 rings (SSSR count). The van der Waals surface area contributed by atoms with Crippen molar-refractivity contribution in [3.8, 4) is 0 Å². The van der Waals surface area contributed by atoms with Crippen LogP contribution in [0.1, 0.15) is 13.8 Å². The molecular weight excluding hydrogens is 284 g/mol. The van der Waals surface area contributed by atoms with Gasteiger partial charge < -0.3 is 14.8 Å². The first kappa shape index (κ1) is 14.0. The van der Waals surface area contributed by atoms with Crippen LogP contribution in [-0.4, -0.2) is 22.6 Å². The molecular formula is C15H18N4OS. The van der Waals surface area contributed by atoms with Crippen LogP contribution in [0.25, 0.3) is 0 Å². The number of aryl methyl sites for hydroxylation is 1. The van der Waals surface area contributed by atoms with Crippen molar-refractivity contribution >= 4 is 29.0 Å². The van der Waals surface area contributed by atoms with Crippen molar-refractivity contribution in [2.45, 2.75) is 23.6 Å². The molecule has 0 radical (unpaired) electrons. The standard InChI is InChI=1S/C15H18N4OS/c1-4-19(5-2)10-6-7-12-11(8-10)16-14-13(21-12)9-18(3)15(20)17-14/h6-9H,4-5H2,1-3H3,(H,16,17,20). The van der Waals surface area contributed by atoms with Crippen LogP contribution in [0, 0.1) is 0 Å². The lowest BCUT2D eigenvalue weighted by atomic mass is 10.2. The summed E-state index contributed by atoms with van der Waals surface area (Å²) < 4.78 is 1.50. The second-order valence-corrected chi connectivity index (χ2v) is 6.01. The molecule has 1 aliphatic rings. The van der Waals surface area contributed by atoms with E-state index in [1.54, 1.807) is 18.8 Å². The summed E-state index contributed by atoms with van der Waals surface area (Å²) in [5.74, 6) is 0.646. The van der Waals surface area contributed by atoms with Crippen molar-refractivity contribution in [2.24, 2.45) is 7.05 Å². The van der Waals surface area contributed by atoms with Gasteiger partial charge >= 0.3 is 5.69 Å². The Balaban J connectivity index is 2.00. The molecule has 110 valence electrons. The lowest BCUT2D eigenvalue weighted by Gasteiger charge is -2.25. The van der Waals surface area contributed by atoms with Gasteiger partial charge in [-0.1, -0.05) is 11.8 Å². The number of anilines is 3. The molecule has 0 saturated carbocycles. The summed E-state index contributed by atoms with van der Waals surface area (Å²) in [5, 5.41) is 3.28. The van der Waals surface area contributed by atoms with E-state index in [9.17, 15) is 4.79 Å². The minimum Gasteiger partial charge on any atom is -0.372 e. The molecule has 1 aromatic carbocycles. The molecule has 1 N–H and O–H groups in total. The Bertz CT molecular complexity index is 737. The Hall–Kier alpha value is -1.95. The van der Waals surface area contributed by atoms with E-state index in [2.05, 4.69) is 47.2 Å². The summed E-state index contributed by atoms with van der Waals surface area (Å²) in [5.41, 5.74) is 1.95. The maximum absolute atomic E-state index is 11.7. The number of fused-ring (bicyclic) bond motifs is 2. The SMILES string of the molecule is CCN(CC)c1ccc2c(c1)Nc1nc(=O)n(C)cc1S2. The monoisotopic (exact) mass is 302 g/mol. The number of nitrogens with zero attached hydrogens (tertiary/aromatic N) is 3. The lowest BCUT2D eigenvalue weighted by molar-refractivity contribution is 0.790. The van der Waals surface area contributed by atoms with Gasteiger partial charge in [-0.25, -0.2) is 4.79 Å². The van der Waals surface area contributed by atoms with Gasteiger partial charge in [-0.15, -0.1) is 0 Å². The van der Waals surface area contributed by atoms with Gasteiger partial charge in [0.2, 0.25) is 0 Å². The first-order chi connectivity index (χ1) is 10.1. The third-order valence-corrected chi connectivity index (χ3v) is 4.71. The molecule has 0 saturated heterocycles. The summed E-state index contributed by atoms with van der Waals surface area (Å²) in [6, 6.07) is 6.38. The molecule has 0 amide bonds. The van der Waals surface area contributed by atoms with Crippen molar-refractivity contribution < 1.29 is 0 Å². The molecule has 1 aliphatic heterocycles. The maximum atomic E-state index is 11.7. The predicted octanol–water partition coefficient (Wildman–Crippen LogP) is 2.83. The van der Waals surface area contributed by atoms with Gasteiger partial charge in [0.25, 0.3) is 0 Å². The third-order valence-electron chi connectivity index (χ3n) is 3.62. The Morgan fingerprint density at radius 1 is 1.29 bits per heavy atom. The molecule has 21 heavy (non-hydrogen) atoms. The van der Waals surface area contributed by atoms with Crippen LogP contribution >= 0.6 is 11.8 Å². The molecule has 5 nitrogen and oxygen atoms in total. The topological polar surface area (TPSA) is 50.2 Å². The minimum absolute atomic E-state index is 0.245. The van der Waals surface area contributed by atoms with Crippen molar-refractivity contribution in [1.29, 1.82) is 0 Å². The van der Waals surface area contributed by atoms with Crippen LogP contribution in [0.5, 0.6) is 0 Å². The Labute approximate surface area is 128 Å². The lowest BCUT2D eigenvalue weighted by Crippen LogP contribution is -2.23. The number of hydrogen-bond donors (Lipinski definition) is 1. The quantitative estimate of drug-likeness (QED) is 0.806. The summed E-state index contributed by atoms with van der Waals surface area (Å²) in [6.45, 7) is 6.23. The van der Waals surface area contributed by atoms with Gasteiger partial charge in [-0.2, -0.15) is 4.98 Å². The Morgan fingerprint density at radius 3 is 2.76 bits per heavy atom. The van der Waals surface area contributed by atoms with E-state index in [0.29, 0.717) is 5.82 Å². The molecule has 0 atom stereocenters. The molecule has 0 aliphatic carbocycles.